The highest BCUT2D eigenvalue weighted by Gasteiger charge is 2.36. The molecule has 0 spiro atoms. The van der Waals surface area contributed by atoms with Gasteiger partial charge in [-0.05, 0) is 6.92 Å². The lowest BCUT2D eigenvalue weighted by Gasteiger charge is -2.32. The number of carbonyl (C=O) groups is 2. The first-order valence-electron chi connectivity index (χ1n) is 7.22. The number of benzene rings is 1. The standard InChI is InChI=1S/C16H24O4Si/c1-5-19-16(18)11-15(12-20-13(2)17)21(3,4)14-9-7-6-8-10-14/h6-10,15H,5,11-12H2,1-4H3. The monoisotopic (exact) mass is 308 g/mol. The molecule has 1 rings (SSSR count). The molecule has 1 aromatic rings. The molecule has 1 unspecified atom stereocenters. The van der Waals surface area contributed by atoms with E-state index in [1.165, 1.54) is 12.1 Å². The fraction of sp³-hybridized carbons (Fsp3) is 0.500. The van der Waals surface area contributed by atoms with Crippen molar-refractivity contribution in [3.8, 4) is 0 Å². The lowest BCUT2D eigenvalue weighted by Crippen LogP contribution is -2.48. The lowest BCUT2D eigenvalue weighted by atomic mass is 10.3. The summed E-state index contributed by atoms with van der Waals surface area (Å²) in [5, 5.41) is 1.24. The Morgan fingerprint density at radius 2 is 1.76 bits per heavy atom. The van der Waals surface area contributed by atoms with E-state index in [9.17, 15) is 9.59 Å². The molecule has 21 heavy (non-hydrogen) atoms. The van der Waals surface area contributed by atoms with Gasteiger partial charge in [0.1, 0.15) is 0 Å². The van der Waals surface area contributed by atoms with Gasteiger partial charge in [-0.1, -0.05) is 48.6 Å². The second-order valence-corrected chi connectivity index (χ2v) is 10.4. The third kappa shape index (κ3) is 5.34. The summed E-state index contributed by atoms with van der Waals surface area (Å²) in [7, 11) is -1.95. The number of ether oxygens (including phenoxy) is 2. The summed E-state index contributed by atoms with van der Waals surface area (Å²) in [6, 6.07) is 10.1. The van der Waals surface area contributed by atoms with E-state index < -0.39 is 8.07 Å². The normalized spacial score (nSPS) is 12.6. The Hall–Kier alpha value is -1.62. The molecule has 0 N–H and O–H groups in total. The van der Waals surface area contributed by atoms with Crippen LogP contribution >= 0.6 is 0 Å². The average Bonchev–Trinajstić information content (AvgIpc) is 2.44. The summed E-state index contributed by atoms with van der Waals surface area (Å²) in [5.41, 5.74) is 0.00264. The second-order valence-electron chi connectivity index (χ2n) is 5.60. The van der Waals surface area contributed by atoms with Gasteiger partial charge in [0, 0.05) is 18.9 Å². The third-order valence-corrected chi connectivity index (χ3v) is 7.98. The van der Waals surface area contributed by atoms with Gasteiger partial charge in [0.15, 0.2) is 0 Å². The summed E-state index contributed by atoms with van der Waals surface area (Å²) in [6.07, 6.45) is 0.287. The van der Waals surface area contributed by atoms with Crippen LogP contribution in [0.15, 0.2) is 30.3 Å². The molecule has 0 bridgehead atoms. The van der Waals surface area contributed by atoms with Crippen LogP contribution in [0.1, 0.15) is 20.3 Å². The van der Waals surface area contributed by atoms with Crippen LogP contribution < -0.4 is 5.19 Å². The number of rotatable bonds is 7. The zero-order valence-corrected chi connectivity index (χ0v) is 14.2. The Kier molecular flexibility index (Phi) is 6.62. The largest absolute Gasteiger partial charge is 0.466 e. The van der Waals surface area contributed by atoms with Gasteiger partial charge in [0.05, 0.1) is 21.3 Å². The van der Waals surface area contributed by atoms with Crippen LogP contribution in [0.3, 0.4) is 0 Å². The molecule has 0 aliphatic carbocycles. The maximum absolute atomic E-state index is 11.8. The number of carbonyl (C=O) groups excluding carboxylic acids is 2. The molecular weight excluding hydrogens is 284 g/mol. The van der Waals surface area contributed by atoms with Crippen molar-refractivity contribution in [1.29, 1.82) is 0 Å². The highest BCUT2D eigenvalue weighted by atomic mass is 28.3. The first-order chi connectivity index (χ1) is 9.87. The Labute approximate surface area is 127 Å². The van der Waals surface area contributed by atoms with E-state index in [0.29, 0.717) is 6.61 Å². The number of hydrogen-bond donors (Lipinski definition) is 0. The molecular formula is C16H24O4Si. The summed E-state index contributed by atoms with van der Waals surface area (Å²) in [6.45, 7) is 8.19. The van der Waals surface area contributed by atoms with Crippen molar-refractivity contribution in [2.45, 2.75) is 38.9 Å². The van der Waals surface area contributed by atoms with E-state index in [1.807, 2.05) is 18.2 Å². The van der Waals surface area contributed by atoms with E-state index in [-0.39, 0.29) is 30.5 Å². The van der Waals surface area contributed by atoms with Gasteiger partial charge >= 0.3 is 11.9 Å². The molecule has 5 heteroatoms. The molecule has 4 nitrogen and oxygen atoms in total. The van der Waals surface area contributed by atoms with Crippen LogP contribution in [0.5, 0.6) is 0 Å². The predicted octanol–water partition coefficient (Wildman–Crippen LogP) is 2.49. The van der Waals surface area contributed by atoms with Crippen LogP contribution in [0.2, 0.25) is 18.6 Å². The predicted molar refractivity (Wildman–Crippen MR) is 85.2 cm³/mol. The minimum absolute atomic E-state index is 0.00264. The number of hydrogen-bond acceptors (Lipinski definition) is 4. The lowest BCUT2D eigenvalue weighted by molar-refractivity contribution is -0.146. The number of esters is 2. The zero-order valence-electron chi connectivity index (χ0n) is 13.2. The van der Waals surface area contributed by atoms with Gasteiger partial charge in [-0.3, -0.25) is 9.59 Å². The molecule has 1 aromatic carbocycles. The molecule has 0 saturated heterocycles. The highest BCUT2D eigenvalue weighted by molar-refractivity contribution is 6.91. The molecule has 0 saturated carbocycles. The topological polar surface area (TPSA) is 52.6 Å². The van der Waals surface area contributed by atoms with Gasteiger partial charge in [-0.25, -0.2) is 0 Å². The van der Waals surface area contributed by atoms with Crippen LogP contribution in [-0.2, 0) is 19.1 Å². The minimum Gasteiger partial charge on any atom is -0.466 e. The van der Waals surface area contributed by atoms with Crippen LogP contribution in [0, 0.1) is 0 Å². The van der Waals surface area contributed by atoms with Crippen molar-refractivity contribution in [2.24, 2.45) is 0 Å². The van der Waals surface area contributed by atoms with Crippen molar-refractivity contribution in [3.05, 3.63) is 30.3 Å². The summed E-state index contributed by atoms with van der Waals surface area (Å²) >= 11 is 0. The summed E-state index contributed by atoms with van der Waals surface area (Å²) in [4.78, 5) is 22.9. The molecule has 0 heterocycles. The Balaban J connectivity index is 2.92. The molecule has 116 valence electrons. The van der Waals surface area contributed by atoms with Gasteiger partial charge in [-0.2, -0.15) is 0 Å². The maximum Gasteiger partial charge on any atom is 0.305 e. The fourth-order valence-corrected chi connectivity index (χ4v) is 4.96. The molecule has 0 radical (unpaired) electrons. The SMILES string of the molecule is CCOC(=O)CC(COC(C)=O)[Si](C)(C)c1ccccc1. The van der Waals surface area contributed by atoms with E-state index in [2.05, 4.69) is 25.2 Å². The van der Waals surface area contributed by atoms with Crippen LogP contribution in [0.25, 0.3) is 0 Å². The molecule has 0 fully saturated rings. The molecule has 1 atom stereocenters. The van der Waals surface area contributed by atoms with Crippen LogP contribution in [-0.4, -0.2) is 33.2 Å². The minimum atomic E-state index is -1.95. The Morgan fingerprint density at radius 3 is 2.29 bits per heavy atom. The van der Waals surface area contributed by atoms with Crippen LogP contribution in [0.4, 0.5) is 0 Å². The van der Waals surface area contributed by atoms with E-state index in [1.54, 1.807) is 6.92 Å². The second kappa shape index (κ2) is 7.98. The Morgan fingerprint density at radius 1 is 1.14 bits per heavy atom. The Bertz CT molecular complexity index is 470. The first kappa shape index (κ1) is 17.4. The average molecular weight is 308 g/mol. The van der Waals surface area contributed by atoms with E-state index in [4.69, 9.17) is 9.47 Å². The highest BCUT2D eigenvalue weighted by Crippen LogP contribution is 2.26. The fourth-order valence-electron chi connectivity index (χ4n) is 2.26. The quantitative estimate of drug-likeness (QED) is 0.573. The van der Waals surface area contributed by atoms with Gasteiger partial charge in [-0.15, -0.1) is 0 Å². The summed E-state index contributed by atoms with van der Waals surface area (Å²) in [5.74, 6) is -0.548. The molecule has 0 amide bonds. The van der Waals surface area contributed by atoms with E-state index in [0.717, 1.165) is 0 Å². The van der Waals surface area contributed by atoms with E-state index >= 15 is 0 Å². The molecule has 0 aliphatic heterocycles. The van der Waals surface area contributed by atoms with Gasteiger partial charge in [0.25, 0.3) is 0 Å². The van der Waals surface area contributed by atoms with Gasteiger partial charge in [0.2, 0.25) is 0 Å². The van der Waals surface area contributed by atoms with Crippen molar-refractivity contribution >= 4 is 25.2 Å². The summed E-state index contributed by atoms with van der Waals surface area (Å²) < 4.78 is 10.2. The van der Waals surface area contributed by atoms with Crippen molar-refractivity contribution in [1.82, 2.24) is 0 Å². The molecule has 0 aliphatic rings. The zero-order chi connectivity index (χ0) is 15.9. The smallest absolute Gasteiger partial charge is 0.305 e. The molecule has 0 aromatic heterocycles. The first-order valence-corrected chi connectivity index (χ1v) is 10.3. The van der Waals surface area contributed by atoms with Crippen molar-refractivity contribution in [2.75, 3.05) is 13.2 Å². The van der Waals surface area contributed by atoms with Crippen molar-refractivity contribution < 1.29 is 19.1 Å². The maximum atomic E-state index is 11.8. The van der Waals surface area contributed by atoms with Gasteiger partial charge < -0.3 is 9.47 Å². The third-order valence-electron chi connectivity index (χ3n) is 3.74. The van der Waals surface area contributed by atoms with Crippen molar-refractivity contribution in [3.63, 3.8) is 0 Å².